The lowest BCUT2D eigenvalue weighted by Crippen LogP contribution is -2.22. The number of nitrogens with zero attached hydrogens (tertiary/aromatic N) is 4. The van der Waals surface area contributed by atoms with Gasteiger partial charge in [0.1, 0.15) is 11.6 Å². The summed E-state index contributed by atoms with van der Waals surface area (Å²) in [5.41, 5.74) is 3.12. The summed E-state index contributed by atoms with van der Waals surface area (Å²) in [5.74, 6) is 0. The molecular weight excluding hydrogens is 266 g/mol. The molecule has 0 aliphatic carbocycles. The number of fused-ring (bicyclic) bond motifs is 1. The van der Waals surface area contributed by atoms with E-state index in [2.05, 4.69) is 15.1 Å². The zero-order valence-corrected chi connectivity index (χ0v) is 11.5. The van der Waals surface area contributed by atoms with Gasteiger partial charge in [-0.25, -0.2) is 0 Å². The van der Waals surface area contributed by atoms with Crippen LogP contribution in [0, 0.1) is 11.3 Å². The Morgan fingerprint density at radius 1 is 1.43 bits per heavy atom. The molecule has 3 rings (SSSR count). The molecule has 6 nitrogen and oxygen atoms in total. The van der Waals surface area contributed by atoms with E-state index in [0.29, 0.717) is 29.6 Å². The van der Waals surface area contributed by atoms with Crippen LogP contribution in [0.2, 0.25) is 0 Å². The highest BCUT2D eigenvalue weighted by Crippen LogP contribution is 2.13. The number of hydrogen-bond acceptors (Lipinski definition) is 4. The molecule has 104 valence electrons. The fourth-order valence-corrected chi connectivity index (χ4v) is 2.40. The van der Waals surface area contributed by atoms with Gasteiger partial charge in [0, 0.05) is 30.1 Å². The predicted molar refractivity (Wildman–Crippen MR) is 76.9 cm³/mol. The maximum Gasteiger partial charge on any atom is 0.277 e. The van der Waals surface area contributed by atoms with Gasteiger partial charge in [0.15, 0.2) is 5.65 Å². The summed E-state index contributed by atoms with van der Waals surface area (Å²) in [5, 5.41) is 13.1. The van der Waals surface area contributed by atoms with E-state index in [4.69, 9.17) is 5.26 Å². The number of pyridine rings is 1. The van der Waals surface area contributed by atoms with Crippen LogP contribution in [-0.4, -0.2) is 19.6 Å². The highest BCUT2D eigenvalue weighted by Gasteiger charge is 2.14. The molecule has 0 fully saturated rings. The van der Waals surface area contributed by atoms with Crippen molar-refractivity contribution in [2.45, 2.75) is 19.8 Å². The Bertz CT molecular complexity index is 886. The lowest BCUT2D eigenvalue weighted by atomic mass is 10.1. The Morgan fingerprint density at radius 2 is 2.29 bits per heavy atom. The molecule has 0 aliphatic rings. The third-order valence-corrected chi connectivity index (χ3v) is 3.43. The van der Waals surface area contributed by atoms with Gasteiger partial charge in [-0.05, 0) is 18.1 Å². The second-order valence-corrected chi connectivity index (χ2v) is 4.71. The first-order chi connectivity index (χ1) is 10.2. The van der Waals surface area contributed by atoms with E-state index < -0.39 is 0 Å². The molecule has 0 saturated carbocycles. The first-order valence-corrected chi connectivity index (χ1v) is 6.65. The molecule has 0 atom stereocenters. The van der Waals surface area contributed by atoms with Crippen LogP contribution in [0.5, 0.6) is 0 Å². The summed E-state index contributed by atoms with van der Waals surface area (Å²) in [6.07, 6.45) is 6.05. The maximum atomic E-state index is 12.5. The minimum atomic E-state index is -0.174. The van der Waals surface area contributed by atoms with E-state index in [1.807, 2.05) is 25.1 Å². The van der Waals surface area contributed by atoms with Crippen molar-refractivity contribution in [3.8, 4) is 6.07 Å². The lowest BCUT2D eigenvalue weighted by Gasteiger charge is -2.08. The Morgan fingerprint density at radius 3 is 2.95 bits per heavy atom. The van der Waals surface area contributed by atoms with Crippen LogP contribution in [0.1, 0.15) is 29.3 Å². The van der Waals surface area contributed by atoms with Crippen molar-refractivity contribution in [1.82, 2.24) is 19.6 Å². The average Bonchev–Trinajstić information content (AvgIpc) is 2.92. The number of H-pyrrole nitrogens is 1. The average molecular weight is 279 g/mol. The van der Waals surface area contributed by atoms with Gasteiger partial charge in [-0.15, -0.1) is 0 Å². The molecule has 0 radical (unpaired) electrons. The van der Waals surface area contributed by atoms with E-state index >= 15 is 0 Å². The van der Waals surface area contributed by atoms with Gasteiger partial charge in [-0.3, -0.25) is 9.78 Å². The molecule has 0 saturated heterocycles. The third-order valence-electron chi connectivity index (χ3n) is 3.43. The number of rotatable bonds is 3. The minimum absolute atomic E-state index is 0.174. The molecule has 0 aliphatic heterocycles. The molecular formula is C15H13N5O. The summed E-state index contributed by atoms with van der Waals surface area (Å²) in [7, 11) is 0. The van der Waals surface area contributed by atoms with Gasteiger partial charge in [0.2, 0.25) is 0 Å². The second-order valence-electron chi connectivity index (χ2n) is 4.71. The van der Waals surface area contributed by atoms with Crippen LogP contribution in [0.4, 0.5) is 0 Å². The van der Waals surface area contributed by atoms with Gasteiger partial charge >= 0.3 is 0 Å². The zero-order valence-electron chi connectivity index (χ0n) is 11.5. The van der Waals surface area contributed by atoms with Crippen LogP contribution >= 0.6 is 0 Å². The van der Waals surface area contributed by atoms with Crippen LogP contribution in [0.15, 0.2) is 35.5 Å². The summed E-state index contributed by atoms with van der Waals surface area (Å²) in [6, 6.07) is 5.85. The molecule has 6 heteroatoms. The molecule has 0 spiro atoms. The van der Waals surface area contributed by atoms with Crippen molar-refractivity contribution in [2.75, 3.05) is 0 Å². The van der Waals surface area contributed by atoms with Crippen LogP contribution < -0.4 is 5.56 Å². The quantitative estimate of drug-likeness (QED) is 0.786. The molecule has 0 aromatic carbocycles. The van der Waals surface area contributed by atoms with E-state index in [1.54, 1.807) is 12.4 Å². The highest BCUT2D eigenvalue weighted by atomic mass is 16.1. The minimum Gasteiger partial charge on any atom is -0.342 e. The third kappa shape index (κ3) is 2.19. The Kier molecular flexibility index (Phi) is 3.24. The van der Waals surface area contributed by atoms with Crippen molar-refractivity contribution < 1.29 is 0 Å². The normalized spacial score (nSPS) is 10.7. The van der Waals surface area contributed by atoms with Crippen molar-refractivity contribution in [3.05, 3.63) is 63.5 Å². The van der Waals surface area contributed by atoms with Crippen molar-refractivity contribution >= 4 is 5.65 Å². The predicted octanol–water partition coefficient (Wildman–Crippen LogP) is 1.44. The van der Waals surface area contributed by atoms with E-state index in [9.17, 15) is 4.79 Å². The topological polar surface area (TPSA) is 86.8 Å². The maximum absolute atomic E-state index is 12.5. The monoisotopic (exact) mass is 279 g/mol. The van der Waals surface area contributed by atoms with Gasteiger partial charge in [-0.1, -0.05) is 13.0 Å². The number of aromatic nitrogens is 4. The van der Waals surface area contributed by atoms with E-state index in [0.717, 1.165) is 11.3 Å². The van der Waals surface area contributed by atoms with Gasteiger partial charge < -0.3 is 4.98 Å². The Hall–Kier alpha value is -2.94. The van der Waals surface area contributed by atoms with E-state index in [1.165, 1.54) is 10.7 Å². The summed E-state index contributed by atoms with van der Waals surface area (Å²) in [4.78, 5) is 19.7. The number of aromatic amines is 1. The molecule has 3 aromatic rings. The first-order valence-electron chi connectivity index (χ1n) is 6.65. The van der Waals surface area contributed by atoms with Gasteiger partial charge in [0.25, 0.3) is 5.56 Å². The van der Waals surface area contributed by atoms with Crippen LogP contribution in [-0.2, 0) is 12.8 Å². The van der Waals surface area contributed by atoms with Crippen molar-refractivity contribution in [2.24, 2.45) is 0 Å². The van der Waals surface area contributed by atoms with E-state index in [-0.39, 0.29) is 5.56 Å². The molecule has 21 heavy (non-hydrogen) atoms. The summed E-state index contributed by atoms with van der Waals surface area (Å²) in [6.45, 7) is 1.93. The SMILES string of the molecule is CCc1c(Cc2cccnc2)[nH]c2c(C#N)cnn2c1=O. The number of hydrogen-bond donors (Lipinski definition) is 1. The Labute approximate surface area is 120 Å². The molecule has 3 aromatic heterocycles. The second kappa shape index (κ2) is 5.21. The number of nitrogens with one attached hydrogen (secondary N) is 1. The Balaban J connectivity index is 2.21. The van der Waals surface area contributed by atoms with Crippen molar-refractivity contribution in [1.29, 1.82) is 5.26 Å². The van der Waals surface area contributed by atoms with Gasteiger partial charge in [0.05, 0.1) is 6.20 Å². The molecule has 1 N–H and O–H groups in total. The number of nitriles is 1. The standard InChI is InChI=1S/C15H13N5O/c1-2-12-13(6-10-4-3-5-17-8-10)19-14-11(7-16)9-18-20(14)15(12)21/h3-5,8-9,19H,2,6H2,1H3. The fourth-order valence-electron chi connectivity index (χ4n) is 2.40. The summed E-state index contributed by atoms with van der Waals surface area (Å²) < 4.78 is 1.25. The smallest absolute Gasteiger partial charge is 0.277 e. The molecule has 0 unspecified atom stereocenters. The fraction of sp³-hybridized carbons (Fsp3) is 0.200. The molecule has 0 bridgehead atoms. The first kappa shape index (κ1) is 13.1. The lowest BCUT2D eigenvalue weighted by molar-refractivity contribution is 0.840. The van der Waals surface area contributed by atoms with Crippen LogP contribution in [0.3, 0.4) is 0 Å². The molecule has 0 amide bonds. The zero-order chi connectivity index (χ0) is 14.8. The van der Waals surface area contributed by atoms with Gasteiger partial charge in [-0.2, -0.15) is 14.9 Å². The summed E-state index contributed by atoms with van der Waals surface area (Å²) >= 11 is 0. The highest BCUT2D eigenvalue weighted by molar-refractivity contribution is 5.54. The van der Waals surface area contributed by atoms with Crippen LogP contribution in [0.25, 0.3) is 5.65 Å². The largest absolute Gasteiger partial charge is 0.342 e. The molecule has 3 heterocycles. The van der Waals surface area contributed by atoms with Crippen molar-refractivity contribution in [3.63, 3.8) is 0 Å².